The molecule has 0 aromatic rings. The minimum absolute atomic E-state index is 0.0426. The highest BCUT2D eigenvalue weighted by Gasteiger charge is 2.40. The maximum Gasteiger partial charge on any atom is 0.192 e. The smallest absolute Gasteiger partial charge is 0.192 e. The van der Waals surface area contributed by atoms with Crippen LogP contribution in [0.15, 0.2) is 0 Å². The third-order valence-electron chi connectivity index (χ3n) is 4.13. The molecule has 1 heterocycles. The lowest BCUT2D eigenvalue weighted by Crippen LogP contribution is -2.42. The number of hydrogen-bond acceptors (Lipinski definition) is 3. The molecule has 0 aromatic heterocycles. The summed E-state index contributed by atoms with van der Waals surface area (Å²) in [5.74, 6) is 0.490. The van der Waals surface area contributed by atoms with Crippen molar-refractivity contribution in [2.45, 2.75) is 71.4 Å². The van der Waals surface area contributed by atoms with Crippen LogP contribution in [0.2, 0.25) is 18.1 Å². The topological polar surface area (TPSA) is 35.5 Å². The van der Waals surface area contributed by atoms with E-state index < -0.39 is 8.32 Å². The number of carbonyl (C=O) groups excluding carboxylic acids is 1. The highest BCUT2D eigenvalue weighted by molar-refractivity contribution is 6.74. The predicted molar refractivity (Wildman–Crippen MR) is 76.3 cm³/mol. The number of carbonyl (C=O) groups is 1. The maximum absolute atomic E-state index is 11.8. The van der Waals surface area contributed by atoms with E-state index in [0.29, 0.717) is 13.0 Å². The lowest BCUT2D eigenvalue weighted by Gasteiger charge is -2.36. The molecule has 0 radical (unpaired) electrons. The molecule has 0 bridgehead atoms. The standard InChI is InChI=1S/C14H28O3Si/c1-10(2)13-12(15)8-11(17-13)9-16-18(6,7)14(3,4)5/h10-11,13H,8-9H2,1-7H3/t11-,13-/m1/s1. The molecule has 0 spiro atoms. The molecule has 0 aromatic carbocycles. The van der Waals surface area contributed by atoms with Crippen molar-refractivity contribution in [2.75, 3.05) is 6.61 Å². The van der Waals surface area contributed by atoms with E-state index in [0.717, 1.165) is 0 Å². The number of ketones is 1. The average molecular weight is 272 g/mol. The summed E-state index contributed by atoms with van der Waals surface area (Å²) < 4.78 is 11.9. The molecular formula is C14H28O3Si. The first-order chi connectivity index (χ1) is 8.04. The summed E-state index contributed by atoms with van der Waals surface area (Å²) in [7, 11) is -1.73. The minimum Gasteiger partial charge on any atom is -0.414 e. The Kier molecular flexibility index (Phi) is 4.79. The van der Waals surface area contributed by atoms with Crippen molar-refractivity contribution >= 4 is 14.1 Å². The zero-order valence-electron chi connectivity index (χ0n) is 12.9. The van der Waals surface area contributed by atoms with Crippen LogP contribution in [0, 0.1) is 5.92 Å². The first-order valence-electron chi connectivity index (χ1n) is 6.87. The molecule has 0 aliphatic carbocycles. The highest BCUT2D eigenvalue weighted by atomic mass is 28.4. The van der Waals surface area contributed by atoms with Crippen LogP contribution in [0.3, 0.4) is 0 Å². The van der Waals surface area contributed by atoms with Crippen molar-refractivity contribution in [1.82, 2.24) is 0 Å². The Labute approximate surface area is 112 Å². The second kappa shape index (κ2) is 5.43. The quantitative estimate of drug-likeness (QED) is 0.736. The molecule has 2 atom stereocenters. The van der Waals surface area contributed by atoms with E-state index in [4.69, 9.17) is 9.16 Å². The number of rotatable bonds is 4. The summed E-state index contributed by atoms with van der Waals surface area (Å²) in [4.78, 5) is 11.8. The van der Waals surface area contributed by atoms with Gasteiger partial charge < -0.3 is 9.16 Å². The van der Waals surface area contributed by atoms with Crippen LogP contribution in [0.5, 0.6) is 0 Å². The molecule has 1 aliphatic heterocycles. The van der Waals surface area contributed by atoms with Gasteiger partial charge in [-0.1, -0.05) is 34.6 Å². The van der Waals surface area contributed by atoms with E-state index in [1.165, 1.54) is 0 Å². The Morgan fingerprint density at radius 1 is 1.39 bits per heavy atom. The maximum atomic E-state index is 11.8. The van der Waals surface area contributed by atoms with Gasteiger partial charge in [0.15, 0.2) is 14.1 Å². The second-order valence-corrected chi connectivity index (χ2v) is 12.0. The van der Waals surface area contributed by atoms with Gasteiger partial charge in [-0.3, -0.25) is 4.79 Å². The monoisotopic (exact) mass is 272 g/mol. The zero-order valence-corrected chi connectivity index (χ0v) is 13.9. The van der Waals surface area contributed by atoms with Crippen molar-refractivity contribution in [3.8, 4) is 0 Å². The van der Waals surface area contributed by atoms with Crippen LogP contribution in [0.25, 0.3) is 0 Å². The van der Waals surface area contributed by atoms with Crippen LogP contribution in [0.1, 0.15) is 41.0 Å². The normalized spacial score (nSPS) is 26.1. The average Bonchev–Trinajstić information content (AvgIpc) is 2.55. The summed E-state index contributed by atoms with van der Waals surface area (Å²) in [6, 6.07) is 0. The first kappa shape index (κ1) is 15.9. The number of Topliss-reactive ketones (excluding diaryl/α,β-unsaturated/α-hetero) is 1. The zero-order chi connectivity index (χ0) is 14.1. The molecule has 1 rings (SSSR count). The Morgan fingerprint density at radius 3 is 2.33 bits per heavy atom. The van der Waals surface area contributed by atoms with Crippen molar-refractivity contribution in [3.63, 3.8) is 0 Å². The molecule has 0 amide bonds. The molecule has 3 nitrogen and oxygen atoms in total. The van der Waals surface area contributed by atoms with Crippen molar-refractivity contribution in [2.24, 2.45) is 5.92 Å². The molecule has 4 heteroatoms. The predicted octanol–water partition coefficient (Wildman–Crippen LogP) is 3.39. The fraction of sp³-hybridized carbons (Fsp3) is 0.929. The molecule has 1 aliphatic rings. The van der Waals surface area contributed by atoms with Crippen LogP contribution in [-0.2, 0) is 14.0 Å². The van der Waals surface area contributed by atoms with Gasteiger partial charge in [-0.25, -0.2) is 0 Å². The van der Waals surface area contributed by atoms with Crippen LogP contribution in [0.4, 0.5) is 0 Å². The summed E-state index contributed by atoms with van der Waals surface area (Å²) in [6.45, 7) is 15.7. The summed E-state index contributed by atoms with van der Waals surface area (Å²) in [5.41, 5.74) is 0. The van der Waals surface area contributed by atoms with Gasteiger partial charge in [0.05, 0.1) is 12.7 Å². The molecule has 0 saturated carbocycles. The van der Waals surface area contributed by atoms with Crippen molar-refractivity contribution in [1.29, 1.82) is 0 Å². The number of ether oxygens (including phenoxy) is 1. The molecule has 1 saturated heterocycles. The van der Waals surface area contributed by atoms with Crippen LogP contribution in [-0.4, -0.2) is 32.9 Å². The van der Waals surface area contributed by atoms with E-state index in [1.807, 2.05) is 13.8 Å². The van der Waals surface area contributed by atoms with Gasteiger partial charge in [0.25, 0.3) is 0 Å². The Bertz CT molecular complexity index is 305. The fourth-order valence-electron chi connectivity index (χ4n) is 1.82. The van der Waals surface area contributed by atoms with Gasteiger partial charge in [0, 0.05) is 6.42 Å². The van der Waals surface area contributed by atoms with Gasteiger partial charge in [-0.2, -0.15) is 0 Å². The molecular weight excluding hydrogens is 244 g/mol. The van der Waals surface area contributed by atoms with E-state index in [9.17, 15) is 4.79 Å². The highest BCUT2D eigenvalue weighted by Crippen LogP contribution is 2.37. The Balaban J connectivity index is 2.50. The first-order valence-corrected chi connectivity index (χ1v) is 9.77. The van der Waals surface area contributed by atoms with Gasteiger partial charge in [0.1, 0.15) is 6.10 Å². The Hall–Kier alpha value is -0.193. The molecule has 0 unspecified atom stereocenters. The van der Waals surface area contributed by atoms with Crippen LogP contribution >= 0.6 is 0 Å². The van der Waals surface area contributed by atoms with Crippen LogP contribution < -0.4 is 0 Å². The van der Waals surface area contributed by atoms with E-state index in [1.54, 1.807) is 0 Å². The summed E-state index contributed by atoms with van der Waals surface area (Å²) in [6.07, 6.45) is 0.245. The molecule has 18 heavy (non-hydrogen) atoms. The molecule has 0 N–H and O–H groups in total. The van der Waals surface area contributed by atoms with E-state index in [-0.39, 0.29) is 28.9 Å². The van der Waals surface area contributed by atoms with E-state index >= 15 is 0 Å². The largest absolute Gasteiger partial charge is 0.414 e. The van der Waals surface area contributed by atoms with Gasteiger partial charge in [0.2, 0.25) is 0 Å². The fourth-order valence-corrected chi connectivity index (χ4v) is 2.85. The second-order valence-electron chi connectivity index (χ2n) is 7.16. The summed E-state index contributed by atoms with van der Waals surface area (Å²) >= 11 is 0. The lowest BCUT2D eigenvalue weighted by atomic mass is 10.0. The van der Waals surface area contributed by atoms with Gasteiger partial charge >= 0.3 is 0 Å². The SMILES string of the molecule is CC(C)[C@H]1O[C@@H](CO[Si](C)(C)C(C)(C)C)CC1=O. The number of hydrogen-bond donors (Lipinski definition) is 0. The third-order valence-corrected chi connectivity index (χ3v) is 8.63. The van der Waals surface area contributed by atoms with Crippen molar-refractivity contribution < 1.29 is 14.0 Å². The third kappa shape index (κ3) is 3.65. The summed E-state index contributed by atoms with van der Waals surface area (Å²) in [5, 5.41) is 0.201. The Morgan fingerprint density at radius 2 is 1.94 bits per heavy atom. The van der Waals surface area contributed by atoms with Gasteiger partial charge in [-0.15, -0.1) is 0 Å². The van der Waals surface area contributed by atoms with E-state index in [2.05, 4.69) is 33.9 Å². The molecule has 1 fully saturated rings. The van der Waals surface area contributed by atoms with Crippen molar-refractivity contribution in [3.05, 3.63) is 0 Å². The van der Waals surface area contributed by atoms with Gasteiger partial charge in [-0.05, 0) is 24.1 Å². The lowest BCUT2D eigenvalue weighted by molar-refractivity contribution is -0.124. The minimum atomic E-state index is -1.73. The molecule has 106 valence electrons.